The first kappa shape index (κ1) is 11.2. The van der Waals surface area contributed by atoms with Gasteiger partial charge in [0.15, 0.2) is 11.5 Å². The lowest BCUT2D eigenvalue weighted by molar-refractivity contribution is 0.103. The minimum atomic E-state index is 0.179. The van der Waals surface area contributed by atoms with E-state index in [4.69, 9.17) is 10.5 Å². The van der Waals surface area contributed by atoms with Crippen molar-refractivity contribution in [2.45, 2.75) is 19.0 Å². The third kappa shape index (κ3) is 1.99. The van der Waals surface area contributed by atoms with E-state index in [9.17, 15) is 5.11 Å². The van der Waals surface area contributed by atoms with E-state index in [1.165, 1.54) is 0 Å². The second kappa shape index (κ2) is 4.31. The van der Waals surface area contributed by atoms with Gasteiger partial charge in [0.05, 0.1) is 7.11 Å². The van der Waals surface area contributed by atoms with Gasteiger partial charge in [-0.2, -0.15) is 0 Å². The van der Waals surface area contributed by atoms with E-state index < -0.39 is 0 Å². The minimum Gasteiger partial charge on any atom is -0.504 e. The molecule has 0 aromatic heterocycles. The molecule has 0 saturated carbocycles. The fraction of sp³-hybridized carbons (Fsp3) is 0.500. The van der Waals surface area contributed by atoms with Crippen LogP contribution in [-0.2, 0) is 0 Å². The predicted molar refractivity (Wildman–Crippen MR) is 62.6 cm³/mol. The molecule has 4 nitrogen and oxygen atoms in total. The summed E-state index contributed by atoms with van der Waals surface area (Å²) in [5.74, 6) is 0.702. The predicted octanol–water partition coefficient (Wildman–Crippen LogP) is 1.10. The normalized spacial score (nSPS) is 19.2. The highest BCUT2D eigenvalue weighted by Crippen LogP contribution is 2.32. The Morgan fingerprint density at radius 1 is 1.50 bits per heavy atom. The first-order valence-electron chi connectivity index (χ1n) is 5.48. The monoisotopic (exact) mass is 222 g/mol. The van der Waals surface area contributed by atoms with Gasteiger partial charge in [0.1, 0.15) is 0 Å². The summed E-state index contributed by atoms with van der Waals surface area (Å²) in [5, 5.41) is 9.51. The van der Waals surface area contributed by atoms with E-state index in [-0.39, 0.29) is 5.75 Å². The van der Waals surface area contributed by atoms with E-state index >= 15 is 0 Å². The van der Waals surface area contributed by atoms with Crippen LogP contribution in [0.3, 0.4) is 0 Å². The van der Waals surface area contributed by atoms with Gasteiger partial charge in [-0.05, 0) is 24.6 Å². The van der Waals surface area contributed by atoms with Gasteiger partial charge in [-0.1, -0.05) is 6.07 Å². The van der Waals surface area contributed by atoms with Gasteiger partial charge in [0.2, 0.25) is 0 Å². The molecule has 0 radical (unpaired) electrons. The van der Waals surface area contributed by atoms with Gasteiger partial charge in [-0.25, -0.2) is 0 Å². The van der Waals surface area contributed by atoms with Gasteiger partial charge in [-0.15, -0.1) is 0 Å². The Bertz CT molecular complexity index is 375. The number of phenols is 1. The topological polar surface area (TPSA) is 58.7 Å². The molecule has 4 heteroatoms. The Labute approximate surface area is 95.6 Å². The lowest BCUT2D eigenvalue weighted by Crippen LogP contribution is -2.56. The standard InChI is InChI=1S/C12H18N2O2/c1-8(14-6-10(13)7-14)9-3-4-11(15)12(5-9)16-2/h3-5,8,10,15H,6-7,13H2,1-2H3. The fourth-order valence-electron chi connectivity index (χ4n) is 2.03. The Hall–Kier alpha value is -1.26. The quantitative estimate of drug-likeness (QED) is 0.804. The van der Waals surface area contributed by atoms with Crippen LogP contribution in [0, 0.1) is 0 Å². The number of phenolic OH excluding ortho intramolecular Hbond substituents is 1. The van der Waals surface area contributed by atoms with Gasteiger partial charge in [-0.3, -0.25) is 4.90 Å². The summed E-state index contributed by atoms with van der Waals surface area (Å²) in [4.78, 5) is 2.30. The molecular formula is C12H18N2O2. The molecular weight excluding hydrogens is 204 g/mol. The SMILES string of the molecule is COc1cc(C(C)N2CC(N)C2)ccc1O. The van der Waals surface area contributed by atoms with Crippen molar-refractivity contribution in [1.29, 1.82) is 0 Å². The van der Waals surface area contributed by atoms with Crippen molar-refractivity contribution >= 4 is 0 Å². The molecule has 1 aromatic carbocycles. The number of likely N-dealkylation sites (tertiary alicyclic amines) is 1. The zero-order valence-corrected chi connectivity index (χ0v) is 9.68. The summed E-state index contributed by atoms with van der Waals surface area (Å²) in [5.41, 5.74) is 6.90. The largest absolute Gasteiger partial charge is 0.504 e. The number of benzene rings is 1. The van der Waals surface area contributed by atoms with Crippen LogP contribution in [0.25, 0.3) is 0 Å². The van der Waals surface area contributed by atoms with E-state index in [1.54, 1.807) is 13.2 Å². The van der Waals surface area contributed by atoms with Crippen molar-refractivity contribution in [3.05, 3.63) is 23.8 Å². The smallest absolute Gasteiger partial charge is 0.160 e. The molecule has 16 heavy (non-hydrogen) atoms. The maximum Gasteiger partial charge on any atom is 0.160 e. The zero-order chi connectivity index (χ0) is 11.7. The number of methoxy groups -OCH3 is 1. The van der Waals surface area contributed by atoms with Crippen LogP contribution >= 0.6 is 0 Å². The first-order chi connectivity index (χ1) is 7.61. The summed E-state index contributed by atoms with van der Waals surface area (Å²) in [6.07, 6.45) is 0. The molecule has 0 amide bonds. The molecule has 88 valence electrons. The van der Waals surface area contributed by atoms with Gasteiger partial charge in [0, 0.05) is 25.2 Å². The van der Waals surface area contributed by atoms with Crippen LogP contribution < -0.4 is 10.5 Å². The highest BCUT2D eigenvalue weighted by molar-refractivity contribution is 5.42. The maximum absolute atomic E-state index is 9.51. The molecule has 0 spiro atoms. The van der Waals surface area contributed by atoms with Crippen molar-refractivity contribution in [3.63, 3.8) is 0 Å². The third-order valence-electron chi connectivity index (χ3n) is 3.17. The Kier molecular flexibility index (Phi) is 3.03. The van der Waals surface area contributed by atoms with E-state index in [1.807, 2.05) is 12.1 Å². The lowest BCUT2D eigenvalue weighted by atomic mass is 10.0. The Balaban J connectivity index is 2.14. The average molecular weight is 222 g/mol. The molecule has 0 aliphatic carbocycles. The van der Waals surface area contributed by atoms with Crippen LogP contribution in [0.2, 0.25) is 0 Å². The maximum atomic E-state index is 9.51. The van der Waals surface area contributed by atoms with Crippen LogP contribution in [0.1, 0.15) is 18.5 Å². The molecule has 1 atom stereocenters. The molecule has 1 unspecified atom stereocenters. The van der Waals surface area contributed by atoms with E-state index in [0.29, 0.717) is 17.8 Å². The Morgan fingerprint density at radius 2 is 2.19 bits per heavy atom. The van der Waals surface area contributed by atoms with Crippen molar-refractivity contribution in [1.82, 2.24) is 4.90 Å². The number of nitrogens with zero attached hydrogens (tertiary/aromatic N) is 1. The van der Waals surface area contributed by atoms with Crippen molar-refractivity contribution in [3.8, 4) is 11.5 Å². The zero-order valence-electron chi connectivity index (χ0n) is 9.68. The number of hydrogen-bond donors (Lipinski definition) is 2. The van der Waals surface area contributed by atoms with E-state index in [2.05, 4.69) is 11.8 Å². The second-order valence-electron chi connectivity index (χ2n) is 4.32. The Morgan fingerprint density at radius 3 is 2.75 bits per heavy atom. The summed E-state index contributed by atoms with van der Waals surface area (Å²) >= 11 is 0. The molecule has 1 heterocycles. The molecule has 1 aliphatic heterocycles. The first-order valence-corrected chi connectivity index (χ1v) is 5.48. The number of aromatic hydroxyl groups is 1. The van der Waals surface area contributed by atoms with Crippen LogP contribution in [0.4, 0.5) is 0 Å². The molecule has 1 aliphatic rings. The molecule has 1 saturated heterocycles. The van der Waals surface area contributed by atoms with Gasteiger partial charge >= 0.3 is 0 Å². The highest BCUT2D eigenvalue weighted by Gasteiger charge is 2.28. The number of nitrogens with two attached hydrogens (primary N) is 1. The van der Waals surface area contributed by atoms with Crippen molar-refractivity contribution in [2.24, 2.45) is 5.73 Å². The van der Waals surface area contributed by atoms with Crippen LogP contribution in [0.15, 0.2) is 18.2 Å². The number of rotatable bonds is 3. The molecule has 1 aromatic rings. The average Bonchev–Trinajstić information content (AvgIpc) is 2.24. The van der Waals surface area contributed by atoms with Crippen molar-refractivity contribution in [2.75, 3.05) is 20.2 Å². The van der Waals surface area contributed by atoms with Crippen molar-refractivity contribution < 1.29 is 9.84 Å². The third-order valence-corrected chi connectivity index (χ3v) is 3.17. The second-order valence-corrected chi connectivity index (χ2v) is 4.32. The number of ether oxygens (including phenoxy) is 1. The number of hydrogen-bond acceptors (Lipinski definition) is 4. The molecule has 0 bridgehead atoms. The minimum absolute atomic E-state index is 0.179. The molecule has 1 fully saturated rings. The highest BCUT2D eigenvalue weighted by atomic mass is 16.5. The summed E-state index contributed by atoms with van der Waals surface area (Å²) in [7, 11) is 1.56. The van der Waals surface area contributed by atoms with Crippen LogP contribution in [-0.4, -0.2) is 36.2 Å². The van der Waals surface area contributed by atoms with Crippen LogP contribution in [0.5, 0.6) is 11.5 Å². The molecule has 3 N–H and O–H groups in total. The van der Waals surface area contributed by atoms with E-state index in [0.717, 1.165) is 18.7 Å². The van der Waals surface area contributed by atoms with Gasteiger partial charge < -0.3 is 15.6 Å². The molecule has 2 rings (SSSR count). The van der Waals surface area contributed by atoms with Gasteiger partial charge in [0.25, 0.3) is 0 Å². The summed E-state index contributed by atoms with van der Waals surface area (Å²) < 4.78 is 5.10. The summed E-state index contributed by atoms with van der Waals surface area (Å²) in [6, 6.07) is 6.09. The lowest BCUT2D eigenvalue weighted by Gasteiger charge is -2.41. The summed E-state index contributed by atoms with van der Waals surface area (Å²) in [6.45, 7) is 4.01. The fourth-order valence-corrected chi connectivity index (χ4v) is 2.03.